The summed E-state index contributed by atoms with van der Waals surface area (Å²) in [5.41, 5.74) is 0.247. The molecule has 1 aliphatic heterocycles. The van der Waals surface area contributed by atoms with E-state index in [9.17, 15) is 23.3 Å². The first-order valence-electron chi connectivity index (χ1n) is 8.79. The lowest BCUT2D eigenvalue weighted by Gasteiger charge is -2.36. The zero-order chi connectivity index (χ0) is 22.8. The van der Waals surface area contributed by atoms with Crippen LogP contribution in [0.1, 0.15) is 17.5 Å². The maximum Gasteiger partial charge on any atom is 0.469 e. The number of amides is 2. The van der Waals surface area contributed by atoms with Crippen molar-refractivity contribution in [3.63, 3.8) is 0 Å². The van der Waals surface area contributed by atoms with E-state index in [1.807, 2.05) is 0 Å². The number of halogens is 2. The quantitative estimate of drug-likeness (QED) is 0.334. The van der Waals surface area contributed by atoms with Crippen LogP contribution in [0.4, 0.5) is 13.6 Å². The fourth-order valence-corrected chi connectivity index (χ4v) is 4.67. The Morgan fingerprint density at radius 1 is 1.26 bits per heavy atom. The lowest BCUT2D eigenvalue weighted by molar-refractivity contribution is -0.0410. The molecule has 3 N–H and O–H groups in total. The second kappa shape index (κ2) is 9.03. The Bertz CT molecular complexity index is 1050. The van der Waals surface area contributed by atoms with Gasteiger partial charge in [-0.3, -0.25) is 9.73 Å². The Labute approximate surface area is 180 Å². The minimum atomic E-state index is -4.81. The smallest absolute Gasteiger partial charge is 0.303 e. The molecule has 9 nitrogen and oxygen atoms in total. The van der Waals surface area contributed by atoms with Crippen molar-refractivity contribution >= 4 is 30.7 Å². The van der Waals surface area contributed by atoms with Gasteiger partial charge in [0.25, 0.3) is 0 Å². The highest BCUT2D eigenvalue weighted by Gasteiger charge is 2.50. The van der Waals surface area contributed by atoms with Gasteiger partial charge in [0.2, 0.25) is 0 Å². The number of carbonyl (C=O) groups excluding carboxylic acids is 1. The molecule has 31 heavy (non-hydrogen) atoms. The predicted molar refractivity (Wildman–Crippen MR) is 108 cm³/mol. The van der Waals surface area contributed by atoms with E-state index >= 15 is 0 Å². The van der Waals surface area contributed by atoms with Crippen LogP contribution in [0.2, 0.25) is 0 Å². The van der Waals surface area contributed by atoms with Gasteiger partial charge >= 0.3 is 13.9 Å². The minimum Gasteiger partial charge on any atom is -0.303 e. The van der Waals surface area contributed by atoms with Crippen LogP contribution in [0, 0.1) is 11.6 Å². The normalized spacial score (nSPS) is 18.8. The van der Waals surface area contributed by atoms with Gasteiger partial charge < -0.3 is 9.79 Å². The van der Waals surface area contributed by atoms with E-state index in [0.717, 1.165) is 42.0 Å². The van der Waals surface area contributed by atoms with E-state index in [4.69, 9.17) is 9.79 Å². The fourth-order valence-electron chi connectivity index (χ4n) is 2.98. The van der Waals surface area contributed by atoms with E-state index in [-0.39, 0.29) is 22.1 Å². The molecule has 1 unspecified atom stereocenters. The lowest BCUT2D eigenvalue weighted by atomic mass is 10.0. The van der Waals surface area contributed by atoms with Crippen molar-refractivity contribution in [2.24, 2.45) is 5.10 Å². The molecule has 0 fully saturated rings. The summed E-state index contributed by atoms with van der Waals surface area (Å²) in [6.45, 7) is -0.500. The third-order valence-electron chi connectivity index (χ3n) is 4.34. The Hall–Kier alpha value is -2.34. The first-order chi connectivity index (χ1) is 14.5. The largest absolute Gasteiger partial charge is 0.469 e. The van der Waals surface area contributed by atoms with Gasteiger partial charge in [-0.2, -0.15) is 10.1 Å². The van der Waals surface area contributed by atoms with Crippen LogP contribution in [-0.2, 0) is 14.0 Å². The summed E-state index contributed by atoms with van der Waals surface area (Å²) in [5.74, 6) is -1.51. The highest BCUT2D eigenvalue weighted by molar-refractivity contribution is 8.15. The molecule has 2 amide bonds. The number of rotatable bonds is 6. The molecule has 0 radical (unpaired) electrons. The number of benzene rings is 2. The Balaban J connectivity index is 2.11. The number of hydrogen-bond donors (Lipinski definition) is 3. The maximum absolute atomic E-state index is 14.4. The first kappa shape index (κ1) is 23.3. The van der Waals surface area contributed by atoms with Crippen LogP contribution in [0.5, 0.6) is 0 Å². The number of urea groups is 1. The number of hydrogen-bond acceptors (Lipinski definition) is 6. The summed E-state index contributed by atoms with van der Waals surface area (Å²) >= 11 is 0.869. The third kappa shape index (κ3) is 5.12. The molecule has 0 saturated carbocycles. The standard InChI is InChI=1S/C18H18F2N3O6PS/c1-22(25)17(24)23-18(9-10-29-30(26,27)28,12-5-3-2-4-6-12)31-16(21-23)14-11-13(19)7-8-15(14)20/h2-8,11,25H,9-10H2,1H3,(H2,26,27,28). The van der Waals surface area contributed by atoms with Gasteiger partial charge in [0.1, 0.15) is 21.5 Å². The molecule has 2 aromatic carbocycles. The number of carbonyl (C=O) groups is 1. The van der Waals surface area contributed by atoms with Crippen LogP contribution in [0.15, 0.2) is 53.6 Å². The van der Waals surface area contributed by atoms with E-state index in [1.54, 1.807) is 30.3 Å². The van der Waals surface area contributed by atoms with Crippen LogP contribution in [0.25, 0.3) is 0 Å². The van der Waals surface area contributed by atoms with Crippen molar-refractivity contribution in [2.75, 3.05) is 13.7 Å². The Kier molecular flexibility index (Phi) is 6.79. The molecule has 0 spiro atoms. The molecule has 0 saturated heterocycles. The first-order valence-corrected chi connectivity index (χ1v) is 11.1. The number of phosphoric ester groups is 1. The monoisotopic (exact) mass is 473 g/mol. The summed E-state index contributed by atoms with van der Waals surface area (Å²) in [7, 11) is -3.75. The van der Waals surface area contributed by atoms with Gasteiger partial charge in [-0.05, 0) is 23.8 Å². The van der Waals surface area contributed by atoms with Crippen LogP contribution in [-0.4, -0.2) is 49.8 Å². The average molecular weight is 473 g/mol. The second-order valence-electron chi connectivity index (χ2n) is 6.47. The van der Waals surface area contributed by atoms with E-state index < -0.39 is 37.0 Å². The average Bonchev–Trinajstić information content (AvgIpc) is 3.09. The van der Waals surface area contributed by atoms with Crippen molar-refractivity contribution < 1.29 is 37.7 Å². The van der Waals surface area contributed by atoms with Gasteiger partial charge in [0.15, 0.2) is 0 Å². The van der Waals surface area contributed by atoms with Crippen LogP contribution in [0.3, 0.4) is 0 Å². The zero-order valence-corrected chi connectivity index (χ0v) is 17.8. The van der Waals surface area contributed by atoms with Crippen molar-refractivity contribution in [1.29, 1.82) is 0 Å². The van der Waals surface area contributed by atoms with E-state index in [0.29, 0.717) is 5.56 Å². The summed E-state index contributed by atoms with van der Waals surface area (Å²) < 4.78 is 43.9. The van der Waals surface area contributed by atoms with Gasteiger partial charge in [-0.15, -0.1) is 0 Å². The zero-order valence-electron chi connectivity index (χ0n) is 16.1. The topological polar surface area (TPSA) is 123 Å². The van der Waals surface area contributed by atoms with Gasteiger partial charge in [0, 0.05) is 19.0 Å². The van der Waals surface area contributed by atoms with Crippen molar-refractivity contribution in [3.05, 3.63) is 71.3 Å². The second-order valence-corrected chi connectivity index (χ2v) is 8.98. The molecule has 166 valence electrons. The summed E-state index contributed by atoms with van der Waals surface area (Å²) in [4.78, 5) is 29.3. The number of thioether (sulfide) groups is 1. The van der Waals surface area contributed by atoms with Gasteiger partial charge in [-0.25, -0.2) is 23.2 Å². The van der Waals surface area contributed by atoms with Crippen molar-refractivity contribution in [1.82, 2.24) is 10.1 Å². The molecule has 1 heterocycles. The van der Waals surface area contributed by atoms with Gasteiger partial charge in [-0.1, -0.05) is 42.1 Å². The van der Waals surface area contributed by atoms with Crippen LogP contribution < -0.4 is 0 Å². The number of phosphoric acid groups is 1. The SMILES string of the molecule is CN(O)C(=O)N1N=C(c2cc(F)ccc2F)SC1(CCOP(=O)(O)O)c1ccccc1. The van der Waals surface area contributed by atoms with Crippen LogP contribution >= 0.6 is 19.6 Å². The highest BCUT2D eigenvalue weighted by Crippen LogP contribution is 2.51. The fraction of sp³-hybridized carbons (Fsp3) is 0.222. The van der Waals surface area contributed by atoms with Crippen molar-refractivity contribution in [2.45, 2.75) is 11.3 Å². The molecular weight excluding hydrogens is 455 g/mol. The minimum absolute atomic E-state index is 0.0627. The molecule has 13 heteroatoms. The van der Waals surface area contributed by atoms with E-state index in [2.05, 4.69) is 9.63 Å². The molecule has 0 aromatic heterocycles. The molecule has 0 bridgehead atoms. The number of hydrazone groups is 1. The van der Waals surface area contributed by atoms with E-state index in [1.165, 1.54) is 0 Å². The lowest BCUT2D eigenvalue weighted by Crippen LogP contribution is -2.46. The summed E-state index contributed by atoms with van der Waals surface area (Å²) in [6.07, 6.45) is -0.198. The maximum atomic E-state index is 14.4. The molecule has 2 aromatic rings. The molecule has 0 aliphatic carbocycles. The summed E-state index contributed by atoms with van der Waals surface area (Å²) in [5, 5.41) is 14.9. The Morgan fingerprint density at radius 3 is 2.55 bits per heavy atom. The number of hydroxylamine groups is 2. The van der Waals surface area contributed by atoms with Crippen molar-refractivity contribution in [3.8, 4) is 0 Å². The number of nitrogens with zero attached hydrogens (tertiary/aromatic N) is 3. The third-order valence-corrected chi connectivity index (χ3v) is 6.30. The highest BCUT2D eigenvalue weighted by atomic mass is 32.2. The summed E-state index contributed by atoms with van der Waals surface area (Å²) in [6, 6.07) is 10.0. The molecule has 3 rings (SSSR count). The molecule has 1 aliphatic rings. The predicted octanol–water partition coefficient (Wildman–Crippen LogP) is 3.47. The molecular formula is C18H18F2N3O6PS. The van der Waals surface area contributed by atoms with Gasteiger partial charge in [0.05, 0.1) is 6.61 Å². The Morgan fingerprint density at radius 2 is 1.94 bits per heavy atom. The molecule has 1 atom stereocenters.